The molecule has 15 heteroatoms. The number of alkyl halides is 3. The van der Waals surface area contributed by atoms with Crippen molar-refractivity contribution in [3.8, 4) is 17.1 Å². The predicted molar refractivity (Wildman–Crippen MR) is 169 cm³/mol. The second-order valence-electron chi connectivity index (χ2n) is 11.9. The van der Waals surface area contributed by atoms with Crippen LogP contribution in [0.5, 0.6) is 5.75 Å². The number of fused-ring (bicyclic) bond motifs is 3. The van der Waals surface area contributed by atoms with Gasteiger partial charge in [-0.1, -0.05) is 41.9 Å². The van der Waals surface area contributed by atoms with Gasteiger partial charge in [-0.05, 0) is 56.0 Å². The topological polar surface area (TPSA) is 135 Å². The number of anilines is 1. The summed E-state index contributed by atoms with van der Waals surface area (Å²) in [7, 11) is 0. The Morgan fingerprint density at radius 2 is 1.77 bits per heavy atom. The van der Waals surface area contributed by atoms with Crippen LogP contribution < -0.4 is 10.9 Å². The lowest BCUT2D eigenvalue weighted by Gasteiger charge is -2.39. The number of pyridine rings is 1. The maximum absolute atomic E-state index is 14.2. The Morgan fingerprint density at radius 1 is 1.02 bits per heavy atom. The highest BCUT2D eigenvalue weighted by Gasteiger charge is 2.46. The molecule has 4 heterocycles. The van der Waals surface area contributed by atoms with Crippen molar-refractivity contribution in [2.24, 2.45) is 0 Å². The predicted octanol–water partition coefficient (Wildman–Crippen LogP) is 5.09. The molecule has 2 aliphatic rings. The molecule has 1 spiro atoms. The quantitative estimate of drug-likeness (QED) is 0.265. The van der Waals surface area contributed by atoms with Crippen LogP contribution in [0.4, 0.5) is 18.9 Å². The van der Waals surface area contributed by atoms with Crippen LogP contribution in [0.1, 0.15) is 46.6 Å². The van der Waals surface area contributed by atoms with Crippen LogP contribution in [0, 0.1) is 0 Å². The molecule has 3 aromatic heterocycles. The number of carbonyl (C=O) groups is 2. The first-order valence-corrected chi connectivity index (χ1v) is 15.5. The number of nitrogens with one attached hydrogen (secondary N) is 1. The third kappa shape index (κ3) is 5.45. The highest BCUT2D eigenvalue weighted by molar-refractivity contribution is 6.33. The first kappa shape index (κ1) is 31.4. The number of carbonyl (C=O) groups excluding carboxylic acids is 2. The summed E-state index contributed by atoms with van der Waals surface area (Å²) in [6, 6.07) is 14.6. The van der Waals surface area contributed by atoms with Crippen LogP contribution in [0.15, 0.2) is 71.7 Å². The minimum atomic E-state index is -4.60. The zero-order valence-corrected chi connectivity index (χ0v) is 25.9. The molecule has 0 unspecified atom stereocenters. The van der Waals surface area contributed by atoms with E-state index >= 15 is 0 Å². The highest BCUT2D eigenvalue weighted by Crippen LogP contribution is 2.45. The van der Waals surface area contributed by atoms with Crippen molar-refractivity contribution in [1.82, 2.24) is 29.0 Å². The minimum absolute atomic E-state index is 0.00210. The van der Waals surface area contributed by atoms with E-state index in [-0.39, 0.29) is 45.9 Å². The maximum Gasteiger partial charge on any atom is 0.416 e. The number of aromatic nitrogens is 5. The van der Waals surface area contributed by atoms with Crippen molar-refractivity contribution in [2.75, 3.05) is 18.4 Å². The first-order valence-electron chi connectivity index (χ1n) is 15.1. The average Bonchev–Trinajstić information content (AvgIpc) is 3.68. The van der Waals surface area contributed by atoms with Gasteiger partial charge < -0.3 is 19.9 Å². The van der Waals surface area contributed by atoms with Crippen LogP contribution in [0.25, 0.3) is 17.2 Å². The molecule has 1 fully saturated rings. The Balaban J connectivity index is 1.25. The van der Waals surface area contributed by atoms with E-state index in [9.17, 15) is 32.7 Å². The fourth-order valence-electron chi connectivity index (χ4n) is 6.73. The van der Waals surface area contributed by atoms with E-state index in [1.165, 1.54) is 22.8 Å². The largest absolute Gasteiger partial charge is 0.505 e. The number of nitrogens with zero attached hydrogens (tertiary/aromatic N) is 6. The zero-order valence-electron chi connectivity index (χ0n) is 25.2. The number of hydrogen-bond acceptors (Lipinski definition) is 7. The van der Waals surface area contributed by atoms with E-state index in [1.807, 2.05) is 18.2 Å². The van der Waals surface area contributed by atoms with E-state index in [4.69, 9.17) is 11.6 Å². The molecule has 0 atom stereocenters. The van der Waals surface area contributed by atoms with Gasteiger partial charge in [0.25, 0.3) is 11.5 Å². The molecular weight excluding hydrogens is 651 g/mol. The van der Waals surface area contributed by atoms with Gasteiger partial charge in [-0.15, -0.1) is 5.10 Å². The molecule has 48 heavy (non-hydrogen) atoms. The lowest BCUT2D eigenvalue weighted by Crippen LogP contribution is -2.46. The molecule has 0 radical (unpaired) electrons. The van der Waals surface area contributed by atoms with Gasteiger partial charge in [0.05, 0.1) is 16.3 Å². The van der Waals surface area contributed by atoms with Crippen molar-refractivity contribution in [1.29, 1.82) is 0 Å². The number of aromatic hydroxyl groups is 1. The summed E-state index contributed by atoms with van der Waals surface area (Å²) in [5.74, 6) is -0.792. The Bertz CT molecular complexity index is 2140. The van der Waals surface area contributed by atoms with Gasteiger partial charge >= 0.3 is 6.18 Å². The van der Waals surface area contributed by atoms with Crippen molar-refractivity contribution in [3.05, 3.63) is 105 Å². The fraction of sp³-hybridized carbons (Fsp3) is 0.273. The van der Waals surface area contributed by atoms with Gasteiger partial charge in [0.15, 0.2) is 11.5 Å². The Hall–Kier alpha value is -5.24. The number of benzene rings is 2. The normalized spacial score (nSPS) is 15.5. The van der Waals surface area contributed by atoms with Crippen molar-refractivity contribution < 1.29 is 27.9 Å². The summed E-state index contributed by atoms with van der Waals surface area (Å²) >= 11 is 6.11. The molecule has 0 saturated carbocycles. The number of hydrogen-bond donors (Lipinski definition) is 2. The standard InChI is InChI=1S/C33H27ClF3N7O4/c34-21-17-20(33(35,36)37)8-9-22(21)39-25(46)18-43-23-10-11-32(12-15-42(16-13-32)30(48)27-24(45)7-4-14-38-27)26(23)29(47)44-31(43)40-28(41-44)19-5-2-1-3-6-19/h1-9,14,17,45H,10-13,15-16,18H2,(H,39,46). The minimum Gasteiger partial charge on any atom is -0.505 e. The van der Waals surface area contributed by atoms with Crippen LogP contribution in [0.3, 0.4) is 0 Å². The molecule has 7 rings (SSSR count). The molecule has 246 valence electrons. The van der Waals surface area contributed by atoms with Crippen LogP contribution in [-0.4, -0.2) is 59.1 Å². The first-order chi connectivity index (χ1) is 22.9. The summed E-state index contributed by atoms with van der Waals surface area (Å²) < 4.78 is 42.3. The lowest BCUT2D eigenvalue weighted by atomic mass is 9.74. The van der Waals surface area contributed by atoms with Crippen LogP contribution in [0.2, 0.25) is 5.02 Å². The number of amides is 2. The van der Waals surface area contributed by atoms with Gasteiger partial charge in [0.1, 0.15) is 12.3 Å². The van der Waals surface area contributed by atoms with Gasteiger partial charge in [-0.2, -0.15) is 22.7 Å². The smallest absolute Gasteiger partial charge is 0.416 e. The Morgan fingerprint density at radius 3 is 2.46 bits per heavy atom. The second kappa shape index (κ2) is 11.8. The molecule has 11 nitrogen and oxygen atoms in total. The van der Waals surface area contributed by atoms with Crippen LogP contribution in [-0.2, 0) is 29.4 Å². The molecular formula is C33H27ClF3N7O4. The number of piperidine rings is 1. The second-order valence-corrected chi connectivity index (χ2v) is 12.3. The summed E-state index contributed by atoms with van der Waals surface area (Å²) in [6.45, 7) is 0.298. The molecule has 5 aromatic rings. The summed E-state index contributed by atoms with van der Waals surface area (Å²) in [4.78, 5) is 51.1. The SMILES string of the molecule is O=C(Cn1c2c(c(=O)n3nc(-c4ccccc4)nc13)C1(CC2)CCN(C(=O)c2ncccc2O)CC1)Nc1ccc(C(F)(F)F)cc1Cl. The van der Waals surface area contributed by atoms with E-state index in [2.05, 4.69) is 20.4 Å². The monoisotopic (exact) mass is 677 g/mol. The summed E-state index contributed by atoms with van der Waals surface area (Å²) in [6.07, 6.45) is -1.24. The molecule has 2 aromatic carbocycles. The third-order valence-electron chi connectivity index (χ3n) is 9.12. The Kier molecular flexibility index (Phi) is 7.69. The van der Waals surface area contributed by atoms with Crippen molar-refractivity contribution in [2.45, 2.75) is 43.8 Å². The highest BCUT2D eigenvalue weighted by atomic mass is 35.5. The van der Waals surface area contributed by atoms with E-state index < -0.39 is 29.0 Å². The fourth-order valence-corrected chi connectivity index (χ4v) is 6.95. The maximum atomic E-state index is 14.2. The van der Waals surface area contributed by atoms with E-state index in [0.717, 1.165) is 18.2 Å². The molecule has 1 aliphatic heterocycles. The van der Waals surface area contributed by atoms with Gasteiger partial charge in [-0.3, -0.25) is 14.4 Å². The van der Waals surface area contributed by atoms with E-state index in [1.54, 1.807) is 21.6 Å². The van der Waals surface area contributed by atoms with Gasteiger partial charge in [0, 0.05) is 41.5 Å². The number of halogens is 4. The zero-order chi connectivity index (χ0) is 33.8. The summed E-state index contributed by atoms with van der Waals surface area (Å²) in [5.41, 5.74) is -0.205. The van der Waals surface area contributed by atoms with Gasteiger partial charge in [-0.25, -0.2) is 4.98 Å². The van der Waals surface area contributed by atoms with Gasteiger partial charge in [0.2, 0.25) is 11.7 Å². The van der Waals surface area contributed by atoms with Crippen molar-refractivity contribution in [3.63, 3.8) is 0 Å². The third-order valence-corrected chi connectivity index (χ3v) is 9.44. The average molecular weight is 678 g/mol. The Labute approximate surface area is 275 Å². The molecule has 1 saturated heterocycles. The lowest BCUT2D eigenvalue weighted by molar-refractivity contribution is -0.137. The number of rotatable bonds is 5. The molecule has 2 N–H and O–H groups in total. The molecule has 1 aliphatic carbocycles. The summed E-state index contributed by atoms with van der Waals surface area (Å²) in [5, 5.41) is 17.0. The van der Waals surface area contributed by atoms with Crippen molar-refractivity contribution >= 4 is 34.9 Å². The molecule has 0 bridgehead atoms. The number of likely N-dealkylation sites (tertiary alicyclic amines) is 1. The molecule has 2 amide bonds. The van der Waals surface area contributed by atoms with Crippen LogP contribution >= 0.6 is 11.6 Å². The van der Waals surface area contributed by atoms with E-state index in [0.29, 0.717) is 55.6 Å².